The summed E-state index contributed by atoms with van der Waals surface area (Å²) >= 11 is 1.34. The summed E-state index contributed by atoms with van der Waals surface area (Å²) in [5.74, 6) is 0.525. The Bertz CT molecular complexity index is 863. The molecule has 1 heterocycles. The molecule has 2 aromatic carbocycles. The second-order valence-electron chi connectivity index (χ2n) is 6.52. The van der Waals surface area contributed by atoms with Gasteiger partial charge in [-0.05, 0) is 72.7 Å². The molecule has 1 aliphatic rings. The maximum Gasteiger partial charge on any atom is 0.157 e. The van der Waals surface area contributed by atoms with Gasteiger partial charge >= 0.3 is 0 Å². The summed E-state index contributed by atoms with van der Waals surface area (Å²) in [6, 6.07) is 8.17. The van der Waals surface area contributed by atoms with Crippen LogP contribution in [0, 0.1) is 26.6 Å². The lowest BCUT2D eigenvalue weighted by Crippen LogP contribution is -2.04. The third-order valence-corrected chi connectivity index (χ3v) is 5.25. The fraction of sp³-hybridized carbons (Fsp3) is 0.286. The van der Waals surface area contributed by atoms with Crippen LogP contribution in [0.5, 0.6) is 0 Å². The average molecular weight is 340 g/mol. The minimum Gasteiger partial charge on any atom is -0.417 e. The van der Waals surface area contributed by atoms with Gasteiger partial charge in [0.15, 0.2) is 5.76 Å². The van der Waals surface area contributed by atoms with Gasteiger partial charge in [-0.2, -0.15) is 0 Å². The van der Waals surface area contributed by atoms with Gasteiger partial charge in [0.2, 0.25) is 0 Å². The molecule has 0 spiro atoms. The summed E-state index contributed by atoms with van der Waals surface area (Å²) in [4.78, 5) is 1.03. The van der Waals surface area contributed by atoms with Gasteiger partial charge in [-0.3, -0.25) is 0 Å². The summed E-state index contributed by atoms with van der Waals surface area (Å²) < 4.78 is 20.6. The van der Waals surface area contributed by atoms with Gasteiger partial charge in [-0.25, -0.2) is 4.39 Å². The maximum atomic E-state index is 14.7. The number of fused-ring (bicyclic) bond motifs is 4. The van der Waals surface area contributed by atoms with Gasteiger partial charge in [0, 0.05) is 12.0 Å². The van der Waals surface area contributed by atoms with Gasteiger partial charge in [0.25, 0.3) is 0 Å². The number of hydrogen-bond acceptors (Lipinski definition) is 2. The normalized spacial score (nSPS) is 16.9. The van der Waals surface area contributed by atoms with E-state index in [0.29, 0.717) is 17.7 Å². The Kier molecular flexibility index (Phi) is 4.58. The summed E-state index contributed by atoms with van der Waals surface area (Å²) in [5.41, 5.74) is 8.74. The molecular weight excluding hydrogens is 319 g/mol. The van der Waals surface area contributed by atoms with Gasteiger partial charge in [-0.15, -0.1) is 0 Å². The van der Waals surface area contributed by atoms with Crippen LogP contribution in [0.1, 0.15) is 41.5 Å². The second kappa shape index (κ2) is 6.51. The highest BCUT2D eigenvalue weighted by atomic mass is 32.2. The van der Waals surface area contributed by atoms with Crippen molar-refractivity contribution in [2.75, 3.05) is 0 Å². The van der Waals surface area contributed by atoms with Crippen molar-refractivity contribution >= 4 is 12.0 Å². The van der Waals surface area contributed by atoms with Crippen LogP contribution < -0.4 is 0 Å². The van der Waals surface area contributed by atoms with E-state index in [1.54, 1.807) is 0 Å². The molecule has 0 N–H and O–H groups in total. The third kappa shape index (κ3) is 3.02. The fourth-order valence-corrected chi connectivity index (χ4v) is 4.20. The molecule has 0 saturated carbocycles. The van der Waals surface area contributed by atoms with Crippen molar-refractivity contribution in [1.82, 2.24) is 0 Å². The first-order valence-electron chi connectivity index (χ1n) is 8.05. The van der Waals surface area contributed by atoms with Crippen molar-refractivity contribution < 1.29 is 8.57 Å². The summed E-state index contributed by atoms with van der Waals surface area (Å²) in [5, 5.41) is 0. The standard InChI is InChI=1S/C21H21FOS/c1-6-17-10-13(3)18-11-16(9-15(5)21(18)22)20-14(4)7-12(2)8-19(20)24-23-17/h7-9,11,13H,1,10H2,2-5H3. The van der Waals surface area contributed by atoms with E-state index in [0.717, 1.165) is 27.1 Å². The monoisotopic (exact) mass is 340 g/mol. The molecule has 3 rings (SSSR count). The van der Waals surface area contributed by atoms with Gasteiger partial charge in [-0.1, -0.05) is 25.3 Å². The first-order valence-corrected chi connectivity index (χ1v) is 8.80. The van der Waals surface area contributed by atoms with Crippen LogP contribution in [-0.4, -0.2) is 0 Å². The molecule has 3 heteroatoms. The Morgan fingerprint density at radius 2 is 1.92 bits per heavy atom. The zero-order valence-corrected chi connectivity index (χ0v) is 15.3. The Hall–Kier alpha value is -1.96. The number of hydrogen-bond donors (Lipinski definition) is 0. The van der Waals surface area contributed by atoms with E-state index >= 15 is 0 Å². The van der Waals surface area contributed by atoms with Crippen LogP contribution in [0.3, 0.4) is 0 Å². The van der Waals surface area contributed by atoms with Crippen LogP contribution in [0.2, 0.25) is 0 Å². The minimum absolute atomic E-state index is 0.000745. The van der Waals surface area contributed by atoms with Crippen LogP contribution in [0.4, 0.5) is 4.39 Å². The lowest BCUT2D eigenvalue weighted by molar-refractivity contribution is 0.449. The Morgan fingerprint density at radius 3 is 2.62 bits per heavy atom. The second-order valence-corrected chi connectivity index (χ2v) is 7.30. The number of benzene rings is 2. The Labute approximate surface area is 147 Å². The number of halogens is 1. The molecule has 0 aliphatic carbocycles. The fourth-order valence-electron chi connectivity index (χ4n) is 3.28. The third-order valence-electron chi connectivity index (χ3n) is 4.47. The van der Waals surface area contributed by atoms with E-state index in [9.17, 15) is 4.39 Å². The largest absolute Gasteiger partial charge is 0.417 e. The molecule has 1 atom stereocenters. The van der Waals surface area contributed by atoms with Crippen molar-refractivity contribution in [1.29, 1.82) is 0 Å². The van der Waals surface area contributed by atoms with E-state index in [1.165, 1.54) is 17.6 Å². The quantitative estimate of drug-likeness (QED) is 0.394. The molecule has 2 bridgehead atoms. The van der Waals surface area contributed by atoms with Crippen LogP contribution in [-0.2, 0) is 4.18 Å². The van der Waals surface area contributed by atoms with Crippen LogP contribution >= 0.6 is 12.0 Å². The molecular formula is C21H21FOS. The van der Waals surface area contributed by atoms with Gasteiger partial charge < -0.3 is 4.18 Å². The van der Waals surface area contributed by atoms with E-state index < -0.39 is 0 Å². The van der Waals surface area contributed by atoms with Gasteiger partial charge in [0.05, 0.1) is 16.9 Å². The zero-order chi connectivity index (χ0) is 17.4. The van der Waals surface area contributed by atoms with Gasteiger partial charge in [0.1, 0.15) is 5.82 Å². The maximum absolute atomic E-state index is 14.7. The highest BCUT2D eigenvalue weighted by Gasteiger charge is 2.21. The topological polar surface area (TPSA) is 9.23 Å². The number of aryl methyl sites for hydroxylation is 3. The minimum atomic E-state index is -0.130. The highest BCUT2D eigenvalue weighted by molar-refractivity contribution is 7.95. The predicted octanol–water partition coefficient (Wildman–Crippen LogP) is 6.62. The van der Waals surface area contributed by atoms with Crippen molar-refractivity contribution in [3.63, 3.8) is 0 Å². The molecule has 0 amide bonds. The van der Waals surface area contributed by atoms with Crippen molar-refractivity contribution in [2.24, 2.45) is 0 Å². The summed E-state index contributed by atoms with van der Waals surface area (Å²) in [6.45, 7) is 11.7. The zero-order valence-electron chi connectivity index (χ0n) is 14.5. The summed E-state index contributed by atoms with van der Waals surface area (Å²) in [6.07, 6.45) is 0.580. The molecule has 0 fully saturated rings. The van der Waals surface area contributed by atoms with E-state index in [-0.39, 0.29) is 11.7 Å². The van der Waals surface area contributed by atoms with Crippen molar-refractivity contribution in [3.05, 3.63) is 70.4 Å². The SMILES string of the molecule is C=C=C1CC(C)c2cc(cc(C)c2F)-c2c(C)cc(C)cc2SO1. The molecule has 0 radical (unpaired) electrons. The van der Waals surface area contributed by atoms with E-state index in [4.69, 9.17) is 4.18 Å². The first-order chi connectivity index (χ1) is 11.4. The van der Waals surface area contributed by atoms with Crippen molar-refractivity contribution in [2.45, 2.75) is 44.9 Å². The Balaban J connectivity index is 2.33. The summed E-state index contributed by atoms with van der Waals surface area (Å²) in [7, 11) is 0. The Morgan fingerprint density at radius 1 is 1.17 bits per heavy atom. The average Bonchev–Trinajstić information content (AvgIpc) is 2.52. The molecule has 1 nitrogen and oxygen atoms in total. The highest BCUT2D eigenvalue weighted by Crippen LogP contribution is 2.41. The molecule has 1 unspecified atom stereocenters. The van der Waals surface area contributed by atoms with Crippen LogP contribution in [0.25, 0.3) is 11.1 Å². The van der Waals surface area contributed by atoms with Crippen LogP contribution in [0.15, 0.2) is 47.2 Å². The smallest absolute Gasteiger partial charge is 0.157 e. The van der Waals surface area contributed by atoms with E-state index in [2.05, 4.69) is 38.3 Å². The first kappa shape index (κ1) is 16.9. The number of allylic oxidation sites excluding steroid dienone is 1. The molecule has 1 aliphatic heterocycles. The predicted molar refractivity (Wildman–Crippen MR) is 98.7 cm³/mol. The lowest BCUT2D eigenvalue weighted by Gasteiger charge is -2.21. The molecule has 0 saturated heterocycles. The number of rotatable bonds is 0. The van der Waals surface area contributed by atoms with Crippen molar-refractivity contribution in [3.8, 4) is 11.1 Å². The molecule has 2 aromatic rings. The molecule has 24 heavy (non-hydrogen) atoms. The molecule has 0 aromatic heterocycles. The lowest BCUT2D eigenvalue weighted by atomic mass is 9.89. The van der Waals surface area contributed by atoms with E-state index in [1.807, 2.05) is 26.0 Å². The molecule has 124 valence electrons.